The van der Waals surface area contributed by atoms with Crippen LogP contribution in [0.15, 0.2) is 48.0 Å². The smallest absolute Gasteiger partial charge is 0.262 e. The second kappa shape index (κ2) is 9.64. The van der Waals surface area contributed by atoms with Gasteiger partial charge in [0.15, 0.2) is 0 Å². The Kier molecular flexibility index (Phi) is 6.97. The summed E-state index contributed by atoms with van der Waals surface area (Å²) in [6.07, 6.45) is 5.72. The molecule has 144 valence electrons. The van der Waals surface area contributed by atoms with Crippen LogP contribution in [0.2, 0.25) is 10.0 Å². The number of ether oxygens (including phenoxy) is 1. The van der Waals surface area contributed by atoms with Crippen molar-refractivity contribution < 1.29 is 9.53 Å². The Morgan fingerprint density at radius 2 is 1.93 bits per heavy atom. The lowest BCUT2D eigenvalue weighted by Gasteiger charge is -2.12. The molecule has 1 amide bonds. The van der Waals surface area contributed by atoms with Gasteiger partial charge in [0.2, 0.25) is 0 Å². The number of halogens is 2. The number of para-hydroxylation sites is 1. The van der Waals surface area contributed by atoms with Crippen LogP contribution in [0, 0.1) is 11.3 Å². The number of carbonyl (C=O) groups excluding carboxylic acids is 1. The van der Waals surface area contributed by atoms with Gasteiger partial charge in [-0.25, -0.2) is 0 Å². The van der Waals surface area contributed by atoms with Gasteiger partial charge in [-0.2, -0.15) is 5.26 Å². The predicted octanol–water partition coefficient (Wildman–Crippen LogP) is 5.54. The van der Waals surface area contributed by atoms with E-state index >= 15 is 0 Å². The summed E-state index contributed by atoms with van der Waals surface area (Å²) in [7, 11) is 0. The van der Waals surface area contributed by atoms with Crippen LogP contribution in [0.4, 0.5) is 0 Å². The molecule has 0 aromatic heterocycles. The second-order valence-corrected chi connectivity index (χ2v) is 7.51. The Balaban J connectivity index is 1.74. The summed E-state index contributed by atoms with van der Waals surface area (Å²) in [4.78, 5) is 12.4. The molecule has 0 unspecified atom stereocenters. The van der Waals surface area contributed by atoms with Crippen molar-refractivity contribution in [3.63, 3.8) is 0 Å². The molecule has 0 heterocycles. The van der Waals surface area contributed by atoms with Gasteiger partial charge >= 0.3 is 0 Å². The monoisotopic (exact) mass is 414 g/mol. The minimum atomic E-state index is -0.339. The normalized spacial score (nSPS) is 14.5. The van der Waals surface area contributed by atoms with Crippen LogP contribution < -0.4 is 10.1 Å². The molecule has 1 N–H and O–H groups in total. The van der Waals surface area contributed by atoms with Crippen LogP contribution in [0.1, 0.15) is 36.8 Å². The number of rotatable bonds is 6. The highest BCUT2D eigenvalue weighted by Crippen LogP contribution is 2.26. The van der Waals surface area contributed by atoms with Gasteiger partial charge in [0, 0.05) is 11.6 Å². The van der Waals surface area contributed by atoms with Crippen LogP contribution >= 0.6 is 23.2 Å². The van der Waals surface area contributed by atoms with Gasteiger partial charge in [-0.1, -0.05) is 60.3 Å². The zero-order valence-electron chi connectivity index (χ0n) is 15.3. The van der Waals surface area contributed by atoms with E-state index < -0.39 is 0 Å². The molecule has 2 aromatic carbocycles. The maximum Gasteiger partial charge on any atom is 0.262 e. The summed E-state index contributed by atoms with van der Waals surface area (Å²) < 4.78 is 5.89. The fraction of sp³-hybridized carbons (Fsp3) is 0.273. The highest BCUT2D eigenvalue weighted by molar-refractivity contribution is 6.42. The molecule has 1 saturated carbocycles. The first kappa shape index (κ1) is 20.3. The van der Waals surface area contributed by atoms with E-state index in [0.717, 1.165) is 31.2 Å². The quantitative estimate of drug-likeness (QED) is 0.498. The van der Waals surface area contributed by atoms with Crippen LogP contribution in [0.25, 0.3) is 6.08 Å². The fourth-order valence-corrected chi connectivity index (χ4v) is 3.48. The summed E-state index contributed by atoms with van der Waals surface area (Å²) in [5, 5.41) is 13.3. The number of nitrogens with one attached hydrogen (secondary N) is 1. The van der Waals surface area contributed by atoms with E-state index in [1.165, 1.54) is 0 Å². The highest BCUT2D eigenvalue weighted by Gasteiger charge is 2.19. The third-order valence-corrected chi connectivity index (χ3v) is 5.39. The zero-order chi connectivity index (χ0) is 19.9. The standard InChI is InChI=1S/C22H20Cl2N2O2/c23-19-10-9-15(11-20(19)24)14-28-21-8-4-1-5-16(21)12-17(13-25)22(27)26-18-6-2-3-7-18/h1,4-5,8-12,18H,2-3,6-7,14H2,(H,26,27)/b17-12-. The first-order chi connectivity index (χ1) is 13.6. The van der Waals surface area contributed by atoms with Gasteiger partial charge in [-0.05, 0) is 42.7 Å². The molecule has 0 atom stereocenters. The minimum absolute atomic E-state index is 0.0671. The third-order valence-electron chi connectivity index (χ3n) is 4.65. The van der Waals surface area contributed by atoms with Crippen molar-refractivity contribution in [2.45, 2.75) is 38.3 Å². The number of carbonyl (C=O) groups is 1. The van der Waals surface area contributed by atoms with Crippen LogP contribution in [-0.4, -0.2) is 11.9 Å². The second-order valence-electron chi connectivity index (χ2n) is 6.70. The molecule has 0 aliphatic heterocycles. The molecular weight excluding hydrogens is 395 g/mol. The van der Waals surface area contributed by atoms with Crippen LogP contribution in [0.5, 0.6) is 5.75 Å². The summed E-state index contributed by atoms with van der Waals surface area (Å²) in [6.45, 7) is 0.290. The lowest BCUT2D eigenvalue weighted by Crippen LogP contribution is -2.33. The Morgan fingerprint density at radius 3 is 2.64 bits per heavy atom. The maximum atomic E-state index is 12.4. The SMILES string of the molecule is N#C/C(=C/c1ccccc1OCc1ccc(Cl)c(Cl)c1)C(=O)NC1CCCC1. The molecule has 1 aliphatic rings. The van der Waals surface area contributed by atoms with Crippen molar-refractivity contribution in [2.75, 3.05) is 0 Å². The van der Waals surface area contributed by atoms with E-state index in [-0.39, 0.29) is 24.1 Å². The van der Waals surface area contributed by atoms with Gasteiger partial charge in [0.25, 0.3) is 5.91 Å². The average Bonchev–Trinajstić information content (AvgIpc) is 3.20. The summed E-state index contributed by atoms with van der Waals surface area (Å²) in [5.41, 5.74) is 1.60. The van der Waals surface area contributed by atoms with E-state index in [1.807, 2.05) is 30.3 Å². The molecule has 1 fully saturated rings. The van der Waals surface area contributed by atoms with Gasteiger partial charge in [0.1, 0.15) is 24.0 Å². The molecule has 28 heavy (non-hydrogen) atoms. The summed E-state index contributed by atoms with van der Waals surface area (Å²) in [6, 6.07) is 14.7. The van der Waals surface area contributed by atoms with Crippen molar-refractivity contribution >= 4 is 35.2 Å². The number of hydrogen-bond acceptors (Lipinski definition) is 3. The fourth-order valence-electron chi connectivity index (χ4n) is 3.16. The van der Waals surface area contributed by atoms with E-state index in [9.17, 15) is 10.1 Å². The van der Waals surface area contributed by atoms with Crippen LogP contribution in [-0.2, 0) is 11.4 Å². The highest BCUT2D eigenvalue weighted by atomic mass is 35.5. The maximum absolute atomic E-state index is 12.4. The molecule has 1 aliphatic carbocycles. The first-order valence-corrected chi connectivity index (χ1v) is 9.91. The topological polar surface area (TPSA) is 62.1 Å². The third kappa shape index (κ3) is 5.28. The number of nitrogens with zero attached hydrogens (tertiary/aromatic N) is 1. The van der Waals surface area contributed by atoms with Crippen molar-refractivity contribution in [3.8, 4) is 11.8 Å². The lowest BCUT2D eigenvalue weighted by atomic mass is 10.1. The molecule has 0 bridgehead atoms. The molecular formula is C22H20Cl2N2O2. The first-order valence-electron chi connectivity index (χ1n) is 9.15. The van der Waals surface area contributed by atoms with Gasteiger partial charge in [-0.3, -0.25) is 4.79 Å². The van der Waals surface area contributed by atoms with Crippen LogP contribution in [0.3, 0.4) is 0 Å². The van der Waals surface area contributed by atoms with E-state index in [1.54, 1.807) is 24.3 Å². The van der Waals surface area contributed by atoms with Gasteiger partial charge in [0.05, 0.1) is 10.0 Å². The predicted molar refractivity (Wildman–Crippen MR) is 111 cm³/mol. The molecule has 0 radical (unpaired) electrons. The van der Waals surface area contributed by atoms with E-state index in [2.05, 4.69) is 5.32 Å². The Labute approximate surface area is 174 Å². The van der Waals surface area contributed by atoms with E-state index in [4.69, 9.17) is 27.9 Å². The molecule has 6 heteroatoms. The number of hydrogen-bond donors (Lipinski definition) is 1. The largest absolute Gasteiger partial charge is 0.488 e. The zero-order valence-corrected chi connectivity index (χ0v) is 16.8. The Bertz CT molecular complexity index is 928. The molecule has 0 saturated heterocycles. The van der Waals surface area contributed by atoms with Gasteiger partial charge < -0.3 is 10.1 Å². The van der Waals surface area contributed by atoms with Crippen molar-refractivity contribution in [2.24, 2.45) is 0 Å². The Hall–Kier alpha value is -2.48. The van der Waals surface area contributed by atoms with E-state index in [0.29, 0.717) is 21.4 Å². The number of amides is 1. The summed E-state index contributed by atoms with van der Waals surface area (Å²) in [5.74, 6) is 0.240. The number of nitriles is 1. The Morgan fingerprint density at radius 1 is 1.18 bits per heavy atom. The molecule has 0 spiro atoms. The molecule has 4 nitrogen and oxygen atoms in total. The van der Waals surface area contributed by atoms with Crippen molar-refractivity contribution in [1.29, 1.82) is 5.26 Å². The summed E-state index contributed by atoms with van der Waals surface area (Å²) >= 11 is 12.0. The number of benzene rings is 2. The average molecular weight is 415 g/mol. The van der Waals surface area contributed by atoms with Crippen molar-refractivity contribution in [1.82, 2.24) is 5.32 Å². The molecule has 2 aromatic rings. The van der Waals surface area contributed by atoms with Crippen molar-refractivity contribution in [3.05, 3.63) is 69.2 Å². The minimum Gasteiger partial charge on any atom is -0.488 e. The van der Waals surface area contributed by atoms with Gasteiger partial charge in [-0.15, -0.1) is 0 Å². The lowest BCUT2D eigenvalue weighted by molar-refractivity contribution is -0.117. The molecule has 3 rings (SSSR count).